The summed E-state index contributed by atoms with van der Waals surface area (Å²) in [6.45, 7) is 3.23. The first kappa shape index (κ1) is 21.3. The van der Waals surface area contributed by atoms with Crippen molar-refractivity contribution in [2.75, 3.05) is 32.7 Å². The third-order valence-electron chi connectivity index (χ3n) is 4.79. The highest BCUT2D eigenvalue weighted by Crippen LogP contribution is 2.31. The van der Waals surface area contributed by atoms with Gasteiger partial charge in [-0.05, 0) is 37.3 Å². The number of nitrogens with one attached hydrogen (secondary N) is 1. The molecule has 0 saturated carbocycles. The van der Waals surface area contributed by atoms with E-state index in [4.69, 9.17) is 24.9 Å². The molecule has 4 rings (SSSR count). The Balaban J connectivity index is 1.81. The van der Waals surface area contributed by atoms with E-state index < -0.39 is 0 Å². The van der Waals surface area contributed by atoms with E-state index in [1.807, 2.05) is 31.2 Å². The van der Waals surface area contributed by atoms with E-state index in [-0.39, 0.29) is 11.1 Å². The third-order valence-corrected chi connectivity index (χ3v) is 4.79. The van der Waals surface area contributed by atoms with Crippen molar-refractivity contribution in [1.29, 1.82) is 0 Å². The highest BCUT2D eigenvalue weighted by atomic mass is 16.5. The predicted octanol–water partition coefficient (Wildman–Crippen LogP) is 2.39. The van der Waals surface area contributed by atoms with Crippen molar-refractivity contribution >= 4 is 16.7 Å². The first-order chi connectivity index (χ1) is 15.5. The Morgan fingerprint density at radius 1 is 1.12 bits per heavy atom. The number of ether oxygens (including phenoxy) is 3. The van der Waals surface area contributed by atoms with Crippen LogP contribution >= 0.6 is 0 Å². The summed E-state index contributed by atoms with van der Waals surface area (Å²) in [6.07, 6.45) is 1.50. The molecule has 0 aliphatic rings. The molecular weight excluding hydrogens is 412 g/mol. The third kappa shape index (κ3) is 4.12. The number of pyridine rings is 1. The predicted molar refractivity (Wildman–Crippen MR) is 121 cm³/mol. The number of aryl methyl sites for hydroxylation is 1. The topological polar surface area (TPSA) is 130 Å². The van der Waals surface area contributed by atoms with Gasteiger partial charge >= 0.3 is 0 Å². The standard InChI is InChI=1S/C22H24N6O4/c1-4-31-22-16(11-14(23)12-24-22)20-25-17-18(21(29)26-20)27-28(2)19(17)13-5-7-15(8-6-13)32-10-9-30-3/h5-8,11-12H,4,9-10,23H2,1-3H3,(H,25,26,29). The van der Waals surface area contributed by atoms with Crippen LogP contribution in [0.4, 0.5) is 5.69 Å². The summed E-state index contributed by atoms with van der Waals surface area (Å²) in [5.41, 5.74) is 8.73. The second kappa shape index (κ2) is 9.06. The highest BCUT2D eigenvalue weighted by molar-refractivity contribution is 5.90. The number of nitrogens with two attached hydrogens (primary N) is 1. The number of aromatic nitrogens is 5. The molecule has 3 aromatic heterocycles. The molecule has 0 radical (unpaired) electrons. The van der Waals surface area contributed by atoms with E-state index >= 15 is 0 Å². The Morgan fingerprint density at radius 3 is 2.62 bits per heavy atom. The van der Waals surface area contributed by atoms with Crippen LogP contribution in [0.15, 0.2) is 41.3 Å². The lowest BCUT2D eigenvalue weighted by atomic mass is 10.1. The lowest BCUT2D eigenvalue weighted by Crippen LogP contribution is -2.11. The van der Waals surface area contributed by atoms with Gasteiger partial charge in [-0.3, -0.25) is 9.48 Å². The quantitative estimate of drug-likeness (QED) is 0.403. The molecule has 10 heteroatoms. The summed E-state index contributed by atoms with van der Waals surface area (Å²) >= 11 is 0. The van der Waals surface area contributed by atoms with E-state index in [0.717, 1.165) is 11.3 Å². The van der Waals surface area contributed by atoms with E-state index in [0.29, 0.717) is 54.0 Å². The molecule has 0 aliphatic carbocycles. The number of hydrogen-bond donors (Lipinski definition) is 2. The van der Waals surface area contributed by atoms with Crippen LogP contribution in [0.1, 0.15) is 6.92 Å². The number of aromatic amines is 1. The van der Waals surface area contributed by atoms with Crippen LogP contribution in [0.5, 0.6) is 11.6 Å². The number of H-pyrrole nitrogens is 1. The fraction of sp³-hybridized carbons (Fsp3) is 0.273. The molecule has 0 unspecified atom stereocenters. The maximum absolute atomic E-state index is 12.8. The number of rotatable bonds is 8. The van der Waals surface area contributed by atoms with E-state index in [9.17, 15) is 4.79 Å². The van der Waals surface area contributed by atoms with Gasteiger partial charge in [0.15, 0.2) is 5.52 Å². The number of nitrogen functional groups attached to an aromatic ring is 1. The number of benzene rings is 1. The second-order valence-electron chi connectivity index (χ2n) is 7.00. The van der Waals surface area contributed by atoms with Crippen molar-refractivity contribution in [3.63, 3.8) is 0 Å². The second-order valence-corrected chi connectivity index (χ2v) is 7.00. The smallest absolute Gasteiger partial charge is 0.279 e. The van der Waals surface area contributed by atoms with Crippen molar-refractivity contribution in [1.82, 2.24) is 24.7 Å². The largest absolute Gasteiger partial charge is 0.491 e. The van der Waals surface area contributed by atoms with Crippen molar-refractivity contribution in [3.8, 4) is 34.3 Å². The first-order valence-corrected chi connectivity index (χ1v) is 10.1. The van der Waals surface area contributed by atoms with Crippen molar-refractivity contribution < 1.29 is 14.2 Å². The molecule has 0 saturated heterocycles. The van der Waals surface area contributed by atoms with Gasteiger partial charge in [-0.25, -0.2) is 9.97 Å². The van der Waals surface area contributed by atoms with E-state index in [1.54, 1.807) is 24.9 Å². The van der Waals surface area contributed by atoms with Gasteiger partial charge in [0.05, 0.1) is 36.4 Å². The average Bonchev–Trinajstić information content (AvgIpc) is 3.12. The summed E-state index contributed by atoms with van der Waals surface area (Å²) in [7, 11) is 3.40. The molecule has 32 heavy (non-hydrogen) atoms. The molecule has 3 heterocycles. The average molecular weight is 436 g/mol. The van der Waals surface area contributed by atoms with Crippen molar-refractivity contribution in [2.24, 2.45) is 7.05 Å². The Kier molecular flexibility index (Phi) is 6.04. The summed E-state index contributed by atoms with van der Waals surface area (Å²) in [5, 5.41) is 4.37. The summed E-state index contributed by atoms with van der Waals surface area (Å²) in [6, 6.07) is 9.17. The minimum Gasteiger partial charge on any atom is -0.491 e. The molecule has 166 valence electrons. The maximum Gasteiger partial charge on any atom is 0.279 e. The molecule has 0 fully saturated rings. The van der Waals surface area contributed by atoms with Gasteiger partial charge in [-0.2, -0.15) is 5.10 Å². The zero-order chi connectivity index (χ0) is 22.7. The SMILES string of the molecule is CCOc1ncc(N)cc1-c1nc2c(-c3ccc(OCCOC)cc3)n(C)nc2c(=O)[nH]1. The van der Waals surface area contributed by atoms with Gasteiger partial charge in [0.25, 0.3) is 5.56 Å². The van der Waals surface area contributed by atoms with Crippen LogP contribution < -0.4 is 20.8 Å². The summed E-state index contributed by atoms with van der Waals surface area (Å²) in [4.78, 5) is 24.5. The molecule has 10 nitrogen and oxygen atoms in total. The normalized spacial score (nSPS) is 11.1. The van der Waals surface area contributed by atoms with Crippen LogP contribution in [0, 0.1) is 0 Å². The molecular formula is C22H24N6O4. The Morgan fingerprint density at radius 2 is 1.91 bits per heavy atom. The number of hydrogen-bond acceptors (Lipinski definition) is 8. The molecule has 3 N–H and O–H groups in total. The zero-order valence-corrected chi connectivity index (χ0v) is 18.1. The number of nitrogens with zero attached hydrogens (tertiary/aromatic N) is 4. The molecule has 0 aliphatic heterocycles. The van der Waals surface area contributed by atoms with Gasteiger partial charge in [0, 0.05) is 19.7 Å². The minimum absolute atomic E-state index is 0.237. The van der Waals surface area contributed by atoms with Gasteiger partial charge in [0.2, 0.25) is 5.88 Å². The Bertz CT molecular complexity index is 1300. The summed E-state index contributed by atoms with van der Waals surface area (Å²) < 4.78 is 17.9. The number of anilines is 1. The lowest BCUT2D eigenvalue weighted by Gasteiger charge is -2.10. The van der Waals surface area contributed by atoms with Crippen molar-refractivity contribution in [3.05, 3.63) is 46.9 Å². The fourth-order valence-corrected chi connectivity index (χ4v) is 3.37. The molecule has 0 atom stereocenters. The Hall–Kier alpha value is -3.92. The number of methoxy groups -OCH3 is 1. The lowest BCUT2D eigenvalue weighted by molar-refractivity contribution is 0.146. The van der Waals surface area contributed by atoms with Crippen LogP contribution in [0.2, 0.25) is 0 Å². The van der Waals surface area contributed by atoms with Gasteiger partial charge in [0.1, 0.15) is 23.7 Å². The molecule has 4 aromatic rings. The molecule has 0 bridgehead atoms. The van der Waals surface area contributed by atoms with E-state index in [2.05, 4.69) is 15.1 Å². The van der Waals surface area contributed by atoms with Gasteiger partial charge in [-0.1, -0.05) is 0 Å². The molecule has 1 aromatic carbocycles. The number of fused-ring (bicyclic) bond motifs is 1. The van der Waals surface area contributed by atoms with Gasteiger partial charge in [-0.15, -0.1) is 0 Å². The zero-order valence-electron chi connectivity index (χ0n) is 18.1. The Labute approximate surface area is 184 Å². The minimum atomic E-state index is -0.365. The van der Waals surface area contributed by atoms with Crippen LogP contribution in [0.3, 0.4) is 0 Å². The fourth-order valence-electron chi connectivity index (χ4n) is 3.37. The van der Waals surface area contributed by atoms with E-state index in [1.165, 1.54) is 6.20 Å². The first-order valence-electron chi connectivity index (χ1n) is 10.1. The summed E-state index contributed by atoms with van der Waals surface area (Å²) in [5.74, 6) is 1.36. The van der Waals surface area contributed by atoms with Gasteiger partial charge < -0.3 is 24.9 Å². The van der Waals surface area contributed by atoms with Crippen LogP contribution in [-0.2, 0) is 11.8 Å². The van der Waals surface area contributed by atoms with Crippen molar-refractivity contribution in [2.45, 2.75) is 6.92 Å². The highest BCUT2D eigenvalue weighted by Gasteiger charge is 2.19. The molecule has 0 amide bonds. The van der Waals surface area contributed by atoms with Crippen LogP contribution in [-0.4, -0.2) is 51.7 Å². The maximum atomic E-state index is 12.8. The molecule has 0 spiro atoms. The van der Waals surface area contributed by atoms with Crippen LogP contribution in [0.25, 0.3) is 33.7 Å². The monoisotopic (exact) mass is 436 g/mol.